The van der Waals surface area contributed by atoms with Crippen molar-refractivity contribution in [3.63, 3.8) is 0 Å². The Morgan fingerprint density at radius 1 is 1.07 bits per heavy atom. The number of piperidine rings is 1. The number of fused-ring (bicyclic) bond motifs is 2. The quantitative estimate of drug-likeness (QED) is 0.727. The molecular formula is C22H26BrFN2O2. The number of hydrogen-bond acceptors (Lipinski definition) is 2. The van der Waals surface area contributed by atoms with E-state index in [9.17, 15) is 9.18 Å². The van der Waals surface area contributed by atoms with Crippen molar-refractivity contribution in [3.05, 3.63) is 54.3 Å². The number of hydrogen-bond donors (Lipinski definition) is 1. The highest BCUT2D eigenvalue weighted by Gasteiger charge is 2.49. The number of rotatable bonds is 3. The smallest absolute Gasteiger partial charge is 0.411 e. The summed E-state index contributed by atoms with van der Waals surface area (Å²) in [4.78, 5) is 12.5. The molecule has 28 heavy (non-hydrogen) atoms. The van der Waals surface area contributed by atoms with E-state index in [1.807, 2.05) is 30.3 Å². The zero-order valence-electron chi connectivity index (χ0n) is 16.2. The van der Waals surface area contributed by atoms with Crippen LogP contribution in [0.4, 0.5) is 14.9 Å². The van der Waals surface area contributed by atoms with Gasteiger partial charge in [0.25, 0.3) is 0 Å². The van der Waals surface area contributed by atoms with Gasteiger partial charge >= 0.3 is 6.09 Å². The van der Waals surface area contributed by atoms with Crippen molar-refractivity contribution in [2.24, 2.45) is 0 Å². The third-order valence-corrected chi connectivity index (χ3v) is 6.36. The van der Waals surface area contributed by atoms with E-state index in [1.165, 1.54) is 25.0 Å². The standard InChI is InChI=1S/C22H25FN2O2.BrH/c1-25(2)17-9-10-18(25)14-19(13-17)27-22(26)24-21-11-8-16(23)12-20(21)15-6-4-3-5-7-15;/h3-8,11-12,17-19H,9-10,13-14H2,1-2H3;1H/t17-,18+,19?;. The fourth-order valence-electron chi connectivity index (χ4n) is 4.70. The number of carbonyl (C=O) groups excluding carboxylic acids is 1. The van der Waals surface area contributed by atoms with Gasteiger partial charge in [0.15, 0.2) is 0 Å². The van der Waals surface area contributed by atoms with Crippen LogP contribution >= 0.6 is 0 Å². The maximum atomic E-state index is 13.8. The Hall–Kier alpha value is -1.92. The van der Waals surface area contributed by atoms with E-state index in [0.717, 1.165) is 22.9 Å². The highest BCUT2D eigenvalue weighted by atomic mass is 79.9. The minimum Gasteiger partial charge on any atom is -1.00 e. The molecule has 2 aromatic rings. The van der Waals surface area contributed by atoms with Crippen molar-refractivity contribution in [1.82, 2.24) is 0 Å². The van der Waals surface area contributed by atoms with Crippen LogP contribution in [0.5, 0.6) is 0 Å². The molecule has 0 spiro atoms. The van der Waals surface area contributed by atoms with Crippen LogP contribution in [0.25, 0.3) is 11.1 Å². The van der Waals surface area contributed by atoms with E-state index in [2.05, 4.69) is 19.4 Å². The molecule has 1 N–H and O–H groups in total. The Bertz CT molecular complexity index is 828. The molecule has 2 heterocycles. The van der Waals surface area contributed by atoms with Crippen molar-refractivity contribution in [2.75, 3.05) is 19.4 Å². The SMILES string of the molecule is C[N+]1(C)[C@@H]2CC[C@H]1CC(OC(=O)Nc1ccc(F)cc1-c1ccccc1)C2.[Br-]. The van der Waals surface area contributed by atoms with E-state index >= 15 is 0 Å². The van der Waals surface area contributed by atoms with Crippen LogP contribution in [-0.2, 0) is 4.74 Å². The first-order valence-electron chi connectivity index (χ1n) is 9.59. The highest BCUT2D eigenvalue weighted by Crippen LogP contribution is 2.40. The number of amides is 1. The van der Waals surface area contributed by atoms with Crippen LogP contribution in [0, 0.1) is 5.82 Å². The summed E-state index contributed by atoms with van der Waals surface area (Å²) in [5, 5.41) is 2.82. The van der Waals surface area contributed by atoms with Gasteiger partial charge in [-0.1, -0.05) is 30.3 Å². The zero-order valence-corrected chi connectivity index (χ0v) is 17.8. The van der Waals surface area contributed by atoms with Crippen molar-refractivity contribution in [1.29, 1.82) is 0 Å². The Morgan fingerprint density at radius 3 is 2.36 bits per heavy atom. The normalized spacial score (nSPS) is 24.9. The van der Waals surface area contributed by atoms with Gasteiger partial charge in [-0.05, 0) is 23.8 Å². The fraction of sp³-hybridized carbons (Fsp3) is 0.409. The van der Waals surface area contributed by atoms with Crippen LogP contribution in [0.1, 0.15) is 25.7 Å². The number of ether oxygens (including phenoxy) is 1. The van der Waals surface area contributed by atoms with Crippen molar-refractivity contribution in [3.8, 4) is 11.1 Å². The summed E-state index contributed by atoms with van der Waals surface area (Å²) < 4.78 is 20.5. The second kappa shape index (κ2) is 8.21. The molecular weight excluding hydrogens is 423 g/mol. The van der Waals surface area contributed by atoms with Gasteiger partial charge in [0.2, 0.25) is 0 Å². The molecule has 2 aliphatic heterocycles. The van der Waals surface area contributed by atoms with Gasteiger partial charge in [-0.2, -0.15) is 0 Å². The summed E-state index contributed by atoms with van der Waals surface area (Å²) >= 11 is 0. The molecule has 1 unspecified atom stereocenters. The molecule has 2 fully saturated rings. The van der Waals surface area contributed by atoms with Crippen molar-refractivity contribution >= 4 is 11.8 Å². The summed E-state index contributed by atoms with van der Waals surface area (Å²) in [5.74, 6) is -0.336. The van der Waals surface area contributed by atoms with Crippen molar-refractivity contribution < 1.29 is 35.4 Å². The highest BCUT2D eigenvalue weighted by molar-refractivity contribution is 5.91. The predicted molar refractivity (Wildman–Crippen MR) is 104 cm³/mol. The van der Waals surface area contributed by atoms with Gasteiger partial charge in [0, 0.05) is 31.2 Å². The van der Waals surface area contributed by atoms with E-state index < -0.39 is 6.09 Å². The molecule has 2 aromatic carbocycles. The van der Waals surface area contributed by atoms with Crippen molar-refractivity contribution in [2.45, 2.75) is 43.9 Å². The number of halogens is 2. The van der Waals surface area contributed by atoms with Gasteiger partial charge in [-0.15, -0.1) is 0 Å². The van der Waals surface area contributed by atoms with Crippen LogP contribution < -0.4 is 22.3 Å². The molecule has 4 rings (SSSR count). The molecule has 2 aliphatic rings. The molecule has 0 aliphatic carbocycles. The number of carbonyl (C=O) groups is 1. The average Bonchev–Trinajstić information content (AvgIpc) is 2.81. The fourth-order valence-corrected chi connectivity index (χ4v) is 4.70. The summed E-state index contributed by atoms with van der Waals surface area (Å²) in [6, 6.07) is 15.0. The predicted octanol–water partition coefficient (Wildman–Crippen LogP) is 1.81. The molecule has 2 bridgehead atoms. The maximum Gasteiger partial charge on any atom is 0.411 e. The molecule has 0 saturated carbocycles. The second-order valence-electron chi connectivity index (χ2n) is 8.19. The third kappa shape index (κ3) is 4.08. The topological polar surface area (TPSA) is 38.3 Å². The lowest BCUT2D eigenvalue weighted by atomic mass is 9.98. The monoisotopic (exact) mass is 448 g/mol. The largest absolute Gasteiger partial charge is 1.00 e. The molecule has 0 radical (unpaired) electrons. The Balaban J connectivity index is 0.00000225. The third-order valence-electron chi connectivity index (χ3n) is 6.36. The van der Waals surface area contributed by atoms with Gasteiger partial charge < -0.3 is 26.2 Å². The number of nitrogens with one attached hydrogen (secondary N) is 1. The maximum absolute atomic E-state index is 13.8. The zero-order chi connectivity index (χ0) is 19.0. The van der Waals surface area contributed by atoms with Gasteiger partial charge in [-0.3, -0.25) is 5.32 Å². The van der Waals surface area contributed by atoms with Crippen LogP contribution in [-0.4, -0.2) is 42.9 Å². The summed E-state index contributed by atoms with van der Waals surface area (Å²) in [6.07, 6.45) is 3.71. The number of quaternary nitrogens is 1. The average molecular weight is 449 g/mol. The van der Waals surface area contributed by atoms with E-state index in [-0.39, 0.29) is 28.9 Å². The minimum absolute atomic E-state index is 0. The Morgan fingerprint density at radius 2 is 1.71 bits per heavy atom. The van der Waals surface area contributed by atoms with E-state index in [1.54, 1.807) is 6.07 Å². The van der Waals surface area contributed by atoms with Crippen LogP contribution in [0.2, 0.25) is 0 Å². The van der Waals surface area contributed by atoms with Crippen LogP contribution in [0.3, 0.4) is 0 Å². The summed E-state index contributed by atoms with van der Waals surface area (Å²) in [7, 11) is 4.56. The lowest BCUT2D eigenvalue weighted by Crippen LogP contribution is -3.00. The second-order valence-corrected chi connectivity index (χ2v) is 8.19. The molecule has 2 saturated heterocycles. The molecule has 3 atom stereocenters. The minimum atomic E-state index is -0.463. The molecule has 0 aromatic heterocycles. The molecule has 150 valence electrons. The number of benzene rings is 2. The summed E-state index contributed by atoms with van der Waals surface area (Å²) in [6.45, 7) is 0. The lowest BCUT2D eigenvalue weighted by molar-refractivity contribution is -0.931. The van der Waals surface area contributed by atoms with Gasteiger partial charge in [0.1, 0.15) is 11.9 Å². The summed E-state index contributed by atoms with van der Waals surface area (Å²) in [5.41, 5.74) is 2.05. The lowest BCUT2D eigenvalue weighted by Gasteiger charge is -2.43. The van der Waals surface area contributed by atoms with Gasteiger partial charge in [-0.25, -0.2) is 9.18 Å². The van der Waals surface area contributed by atoms with Crippen LogP contribution in [0.15, 0.2) is 48.5 Å². The number of anilines is 1. The Labute approximate surface area is 176 Å². The first-order valence-corrected chi connectivity index (χ1v) is 9.59. The first-order chi connectivity index (χ1) is 12.9. The van der Waals surface area contributed by atoms with E-state index in [4.69, 9.17) is 4.74 Å². The first kappa shape index (κ1) is 20.8. The molecule has 1 amide bonds. The molecule has 6 heteroatoms. The molecule has 4 nitrogen and oxygen atoms in total. The van der Waals surface area contributed by atoms with Gasteiger partial charge in [0.05, 0.1) is 31.9 Å². The number of nitrogens with zero attached hydrogens (tertiary/aromatic N) is 1. The van der Waals surface area contributed by atoms with E-state index in [0.29, 0.717) is 23.3 Å². The Kier molecular flexibility index (Phi) is 6.10.